The maximum Gasteiger partial charge on any atom is 0.307 e. The molecule has 1 N–H and O–H groups in total. The Balaban J connectivity index is 1.92. The summed E-state index contributed by atoms with van der Waals surface area (Å²) in [5.41, 5.74) is 3.90. The van der Waals surface area contributed by atoms with E-state index in [1.165, 1.54) is 7.11 Å². The summed E-state index contributed by atoms with van der Waals surface area (Å²) in [5.74, 6) is -0.648. The quantitative estimate of drug-likeness (QED) is 0.683. The third-order valence-electron chi connectivity index (χ3n) is 4.15. The summed E-state index contributed by atoms with van der Waals surface area (Å²) in [5, 5.41) is 7.38. The van der Waals surface area contributed by atoms with Gasteiger partial charge in [0.2, 0.25) is 0 Å². The highest BCUT2D eigenvalue weighted by atomic mass is 16.5. The molecule has 0 aliphatic heterocycles. The van der Waals surface area contributed by atoms with Crippen LogP contribution in [0.25, 0.3) is 16.9 Å². The van der Waals surface area contributed by atoms with Crippen LogP contribution in [0.15, 0.2) is 60.8 Å². The summed E-state index contributed by atoms with van der Waals surface area (Å²) in [7, 11) is 1.32. The molecule has 0 radical (unpaired) electrons. The molecule has 0 spiro atoms. The largest absolute Gasteiger partial charge is 0.469 e. The second kappa shape index (κ2) is 8.31. The molecule has 1 amide bonds. The summed E-state index contributed by atoms with van der Waals surface area (Å²) >= 11 is 0. The fourth-order valence-electron chi connectivity index (χ4n) is 2.65. The Morgan fingerprint density at radius 2 is 1.78 bits per heavy atom. The molecule has 3 rings (SSSR count). The third-order valence-corrected chi connectivity index (χ3v) is 4.15. The van der Waals surface area contributed by atoms with Gasteiger partial charge in [0, 0.05) is 18.3 Å². The van der Waals surface area contributed by atoms with E-state index in [1.807, 2.05) is 61.5 Å². The molecule has 0 fully saturated rings. The minimum atomic E-state index is -0.367. The van der Waals surface area contributed by atoms with E-state index in [9.17, 15) is 9.59 Å². The average molecular weight is 363 g/mol. The molecule has 0 saturated heterocycles. The summed E-state index contributed by atoms with van der Waals surface area (Å²) in [6.07, 6.45) is 1.83. The van der Waals surface area contributed by atoms with E-state index >= 15 is 0 Å². The van der Waals surface area contributed by atoms with Crippen LogP contribution in [0.1, 0.15) is 22.3 Å². The standard InChI is InChI=1S/C21H21N3O3/c1-15-8-10-17(11-9-15)24-14-18(21(26)22-13-12-19(25)27-2)20(23-24)16-6-4-3-5-7-16/h3-11,14H,12-13H2,1-2H3,(H,22,26). The Morgan fingerprint density at radius 3 is 2.44 bits per heavy atom. The molecule has 138 valence electrons. The smallest absolute Gasteiger partial charge is 0.307 e. The van der Waals surface area contributed by atoms with Crippen molar-refractivity contribution in [3.63, 3.8) is 0 Å². The van der Waals surface area contributed by atoms with Crippen LogP contribution in [0, 0.1) is 6.92 Å². The Bertz CT molecular complexity index is 931. The highest BCUT2D eigenvalue weighted by Crippen LogP contribution is 2.23. The first-order chi connectivity index (χ1) is 13.1. The number of esters is 1. The number of ether oxygens (including phenoxy) is 1. The topological polar surface area (TPSA) is 73.2 Å². The molecule has 0 atom stereocenters. The lowest BCUT2D eigenvalue weighted by atomic mass is 10.1. The normalized spacial score (nSPS) is 10.4. The van der Waals surface area contributed by atoms with E-state index in [4.69, 9.17) is 0 Å². The molecule has 6 heteroatoms. The van der Waals surface area contributed by atoms with Crippen LogP contribution in [-0.2, 0) is 9.53 Å². The summed E-state index contributed by atoms with van der Waals surface area (Å²) in [6, 6.07) is 17.4. The van der Waals surface area contributed by atoms with E-state index in [0.29, 0.717) is 11.3 Å². The van der Waals surface area contributed by atoms with Gasteiger partial charge in [-0.2, -0.15) is 5.10 Å². The molecule has 3 aromatic rings. The number of carbonyl (C=O) groups excluding carboxylic acids is 2. The number of hydrogen-bond donors (Lipinski definition) is 1. The molecule has 0 bridgehead atoms. The lowest BCUT2D eigenvalue weighted by Crippen LogP contribution is -2.26. The molecule has 0 unspecified atom stereocenters. The number of benzene rings is 2. The van der Waals surface area contributed by atoms with Crippen molar-refractivity contribution in [3.8, 4) is 16.9 Å². The molecular weight excluding hydrogens is 342 g/mol. The Morgan fingerprint density at radius 1 is 1.07 bits per heavy atom. The van der Waals surface area contributed by atoms with Crippen LogP contribution in [0.5, 0.6) is 0 Å². The van der Waals surface area contributed by atoms with Gasteiger partial charge in [0.25, 0.3) is 5.91 Å². The minimum absolute atomic E-state index is 0.120. The lowest BCUT2D eigenvalue weighted by molar-refractivity contribution is -0.140. The molecule has 2 aromatic carbocycles. The van der Waals surface area contributed by atoms with E-state index in [2.05, 4.69) is 15.2 Å². The summed E-state index contributed by atoms with van der Waals surface area (Å²) in [6.45, 7) is 2.22. The van der Waals surface area contributed by atoms with Crippen LogP contribution in [0.2, 0.25) is 0 Å². The van der Waals surface area contributed by atoms with E-state index in [0.717, 1.165) is 16.8 Å². The number of nitrogens with one attached hydrogen (secondary N) is 1. The van der Waals surface area contributed by atoms with Crippen molar-refractivity contribution in [3.05, 3.63) is 71.9 Å². The van der Waals surface area contributed by atoms with Gasteiger partial charge in [-0.05, 0) is 19.1 Å². The molecule has 0 saturated carbocycles. The maximum atomic E-state index is 12.7. The number of rotatable bonds is 6. The van der Waals surface area contributed by atoms with Crippen molar-refractivity contribution in [1.82, 2.24) is 15.1 Å². The van der Waals surface area contributed by atoms with Gasteiger partial charge in [-0.25, -0.2) is 4.68 Å². The maximum absolute atomic E-state index is 12.7. The zero-order valence-electron chi connectivity index (χ0n) is 15.3. The molecule has 0 aliphatic rings. The van der Waals surface area contributed by atoms with Gasteiger partial charge in [0.1, 0.15) is 5.69 Å². The SMILES string of the molecule is COC(=O)CCNC(=O)c1cn(-c2ccc(C)cc2)nc1-c1ccccc1. The Hall–Kier alpha value is -3.41. The van der Waals surface area contributed by atoms with Crippen LogP contribution >= 0.6 is 0 Å². The zero-order valence-corrected chi connectivity index (χ0v) is 15.3. The van der Waals surface area contributed by atoms with E-state index in [-0.39, 0.29) is 24.8 Å². The van der Waals surface area contributed by atoms with Gasteiger partial charge in [-0.15, -0.1) is 0 Å². The highest BCUT2D eigenvalue weighted by Gasteiger charge is 2.18. The summed E-state index contributed by atoms with van der Waals surface area (Å²) < 4.78 is 6.29. The second-order valence-electron chi connectivity index (χ2n) is 6.12. The summed E-state index contributed by atoms with van der Waals surface area (Å²) in [4.78, 5) is 23.9. The molecule has 6 nitrogen and oxygen atoms in total. The number of hydrogen-bond acceptors (Lipinski definition) is 4. The number of aryl methyl sites for hydroxylation is 1. The first-order valence-electron chi connectivity index (χ1n) is 8.65. The van der Waals surface area contributed by atoms with Gasteiger partial charge >= 0.3 is 5.97 Å². The highest BCUT2D eigenvalue weighted by molar-refractivity contribution is 6.00. The van der Waals surface area contributed by atoms with Crippen molar-refractivity contribution in [2.45, 2.75) is 13.3 Å². The van der Waals surface area contributed by atoms with Gasteiger partial charge in [0.15, 0.2) is 0 Å². The molecule has 0 aliphatic carbocycles. The zero-order chi connectivity index (χ0) is 19.2. The van der Waals surface area contributed by atoms with Crippen LogP contribution in [0.4, 0.5) is 0 Å². The van der Waals surface area contributed by atoms with Gasteiger partial charge in [-0.3, -0.25) is 9.59 Å². The van der Waals surface area contributed by atoms with Crippen molar-refractivity contribution in [1.29, 1.82) is 0 Å². The molecule has 1 heterocycles. The number of aromatic nitrogens is 2. The van der Waals surface area contributed by atoms with Gasteiger partial charge in [-0.1, -0.05) is 48.0 Å². The van der Waals surface area contributed by atoms with Crippen LogP contribution < -0.4 is 5.32 Å². The number of amides is 1. The first-order valence-corrected chi connectivity index (χ1v) is 8.65. The van der Waals surface area contributed by atoms with Gasteiger partial charge < -0.3 is 10.1 Å². The molecule has 27 heavy (non-hydrogen) atoms. The van der Waals surface area contributed by atoms with E-state index < -0.39 is 0 Å². The number of methoxy groups -OCH3 is 1. The number of carbonyl (C=O) groups is 2. The second-order valence-corrected chi connectivity index (χ2v) is 6.12. The Kier molecular flexibility index (Phi) is 5.66. The average Bonchev–Trinajstić information content (AvgIpc) is 3.14. The predicted octanol–water partition coefficient (Wildman–Crippen LogP) is 3.14. The fourth-order valence-corrected chi connectivity index (χ4v) is 2.65. The lowest BCUT2D eigenvalue weighted by Gasteiger charge is -2.04. The van der Waals surface area contributed by atoms with Crippen molar-refractivity contribution < 1.29 is 14.3 Å². The minimum Gasteiger partial charge on any atom is -0.469 e. The Labute approximate surface area is 157 Å². The van der Waals surface area contributed by atoms with Gasteiger partial charge in [0.05, 0.1) is 24.8 Å². The van der Waals surface area contributed by atoms with Crippen LogP contribution in [-0.4, -0.2) is 35.3 Å². The third kappa shape index (κ3) is 4.41. The van der Waals surface area contributed by atoms with Crippen molar-refractivity contribution in [2.24, 2.45) is 0 Å². The first kappa shape index (κ1) is 18.4. The van der Waals surface area contributed by atoms with Crippen molar-refractivity contribution in [2.75, 3.05) is 13.7 Å². The monoisotopic (exact) mass is 363 g/mol. The fraction of sp³-hybridized carbons (Fsp3) is 0.190. The molecule has 1 aromatic heterocycles. The predicted molar refractivity (Wildman–Crippen MR) is 103 cm³/mol. The van der Waals surface area contributed by atoms with Crippen LogP contribution in [0.3, 0.4) is 0 Å². The van der Waals surface area contributed by atoms with E-state index in [1.54, 1.807) is 10.9 Å². The number of nitrogens with zero attached hydrogens (tertiary/aromatic N) is 2. The van der Waals surface area contributed by atoms with Crippen molar-refractivity contribution >= 4 is 11.9 Å². The molecular formula is C21H21N3O3.